The molecule has 0 aliphatic heterocycles. The molecule has 0 saturated carbocycles. The molecule has 0 fully saturated rings. The van der Waals surface area contributed by atoms with Gasteiger partial charge in [-0.15, -0.1) is 11.8 Å². The third-order valence-electron chi connectivity index (χ3n) is 5.49. The van der Waals surface area contributed by atoms with Crippen molar-refractivity contribution in [2.24, 2.45) is 0 Å². The summed E-state index contributed by atoms with van der Waals surface area (Å²) in [6, 6.07) is 18.5. The van der Waals surface area contributed by atoms with E-state index in [0.717, 1.165) is 35.5 Å². The average molecular weight is 429 g/mol. The monoisotopic (exact) mass is 428 g/mol. The van der Waals surface area contributed by atoms with E-state index in [0.29, 0.717) is 29.5 Å². The zero-order valence-electron chi connectivity index (χ0n) is 17.5. The number of amides is 1. The number of hydrogen-bond donors (Lipinski definition) is 1. The number of carbonyl (C=O) groups excluding carboxylic acids is 1. The lowest BCUT2D eigenvalue weighted by Gasteiger charge is -2.25. The number of thioether (sulfide) groups is 1. The Bertz CT molecular complexity index is 1110. The van der Waals surface area contributed by atoms with Gasteiger partial charge in [0.25, 0.3) is 0 Å². The van der Waals surface area contributed by atoms with Crippen LogP contribution in [0.15, 0.2) is 59.8 Å². The second-order valence-electron chi connectivity index (χ2n) is 7.78. The summed E-state index contributed by atoms with van der Waals surface area (Å²) < 4.78 is 0. The number of hydrogen-bond acceptors (Lipinski definition) is 5. The first-order valence-corrected chi connectivity index (χ1v) is 11.4. The van der Waals surface area contributed by atoms with Gasteiger partial charge in [-0.05, 0) is 60.9 Å². The Kier molecular flexibility index (Phi) is 6.63. The smallest absolute Gasteiger partial charge is 0.226 e. The number of fused-ring (bicyclic) bond motifs is 1. The maximum absolute atomic E-state index is 12.2. The number of aryl methyl sites for hydroxylation is 2. The zero-order valence-corrected chi connectivity index (χ0v) is 18.3. The number of nitrogens with one attached hydrogen (secondary N) is 1. The van der Waals surface area contributed by atoms with Gasteiger partial charge >= 0.3 is 0 Å². The lowest BCUT2D eigenvalue weighted by Crippen LogP contribution is -2.15. The first-order chi connectivity index (χ1) is 15.1. The highest BCUT2D eigenvalue weighted by Crippen LogP contribution is 2.34. The molecule has 1 unspecified atom stereocenters. The summed E-state index contributed by atoms with van der Waals surface area (Å²) in [5.41, 5.74) is 5.24. The van der Waals surface area contributed by atoms with Gasteiger partial charge in [0.15, 0.2) is 0 Å². The molecular weight excluding hydrogens is 404 g/mol. The molecule has 1 atom stereocenters. The molecule has 5 nitrogen and oxygen atoms in total. The molecule has 1 amide bonds. The van der Waals surface area contributed by atoms with E-state index in [-0.39, 0.29) is 5.91 Å². The van der Waals surface area contributed by atoms with Gasteiger partial charge in [-0.3, -0.25) is 4.79 Å². The Labute approximate surface area is 186 Å². The van der Waals surface area contributed by atoms with E-state index in [1.807, 2.05) is 25.1 Å². The molecule has 31 heavy (non-hydrogen) atoms. The summed E-state index contributed by atoms with van der Waals surface area (Å²) in [6.07, 6.45) is 4.94. The van der Waals surface area contributed by atoms with Crippen LogP contribution in [0.2, 0.25) is 0 Å². The number of aromatic nitrogens is 2. The van der Waals surface area contributed by atoms with Crippen molar-refractivity contribution >= 4 is 23.5 Å². The van der Waals surface area contributed by atoms with E-state index in [1.165, 1.54) is 22.9 Å². The van der Waals surface area contributed by atoms with Crippen molar-refractivity contribution < 1.29 is 4.79 Å². The normalized spacial score (nSPS) is 15.0. The third-order valence-corrected chi connectivity index (χ3v) is 6.48. The molecule has 1 aliphatic rings. The molecule has 0 bridgehead atoms. The summed E-state index contributed by atoms with van der Waals surface area (Å²) >= 11 is 1.47. The number of anilines is 1. The van der Waals surface area contributed by atoms with E-state index in [1.54, 1.807) is 12.3 Å². The van der Waals surface area contributed by atoms with Crippen LogP contribution in [0.5, 0.6) is 0 Å². The van der Waals surface area contributed by atoms with Gasteiger partial charge in [0.2, 0.25) is 5.91 Å². The number of nitrogens with zero attached hydrogens (tertiary/aromatic N) is 3. The second kappa shape index (κ2) is 9.76. The minimum Gasteiger partial charge on any atom is -0.311 e. The van der Waals surface area contributed by atoms with Crippen LogP contribution in [0, 0.1) is 18.3 Å². The Hall–Kier alpha value is -3.17. The van der Waals surface area contributed by atoms with Gasteiger partial charge in [-0.1, -0.05) is 36.4 Å². The topological polar surface area (TPSA) is 78.7 Å². The first-order valence-electron chi connectivity index (χ1n) is 10.5. The number of rotatable bonds is 6. The van der Waals surface area contributed by atoms with Crippen molar-refractivity contribution in [2.75, 3.05) is 11.1 Å². The van der Waals surface area contributed by atoms with E-state index >= 15 is 0 Å². The lowest BCUT2D eigenvalue weighted by molar-refractivity contribution is -0.115. The predicted molar refractivity (Wildman–Crippen MR) is 123 cm³/mol. The highest BCUT2D eigenvalue weighted by atomic mass is 32.2. The van der Waals surface area contributed by atoms with Crippen LogP contribution in [-0.4, -0.2) is 21.6 Å². The summed E-state index contributed by atoms with van der Waals surface area (Å²) in [5, 5.41) is 13.2. The van der Waals surface area contributed by atoms with Crippen LogP contribution in [0.3, 0.4) is 0 Å². The molecule has 3 aromatic rings. The van der Waals surface area contributed by atoms with Gasteiger partial charge < -0.3 is 5.32 Å². The standard InChI is InChI=1S/C25H24N4OS/c1-17-7-10-23(27-16-17)29-24(30)11-12-31-25-21(15-26)14-20-13-19(8-9-22(20)28-25)18-5-3-2-4-6-18/h2-7,10,14,16,19H,8-9,11-13H2,1H3,(H,27,29,30). The van der Waals surface area contributed by atoms with Gasteiger partial charge in [-0.25, -0.2) is 9.97 Å². The van der Waals surface area contributed by atoms with Crippen molar-refractivity contribution in [3.63, 3.8) is 0 Å². The van der Waals surface area contributed by atoms with E-state index in [9.17, 15) is 10.1 Å². The van der Waals surface area contributed by atoms with E-state index in [2.05, 4.69) is 40.6 Å². The molecule has 1 N–H and O–H groups in total. The Balaban J connectivity index is 1.38. The third kappa shape index (κ3) is 5.31. The van der Waals surface area contributed by atoms with Gasteiger partial charge in [0, 0.05) is 24.1 Å². The summed E-state index contributed by atoms with van der Waals surface area (Å²) in [7, 11) is 0. The predicted octanol–water partition coefficient (Wildman–Crippen LogP) is 5.05. The van der Waals surface area contributed by atoms with Crippen molar-refractivity contribution in [1.82, 2.24) is 9.97 Å². The van der Waals surface area contributed by atoms with Crippen molar-refractivity contribution in [2.45, 2.75) is 43.6 Å². The van der Waals surface area contributed by atoms with Gasteiger partial charge in [-0.2, -0.15) is 5.26 Å². The summed E-state index contributed by atoms with van der Waals surface area (Å²) in [5.74, 6) is 1.49. The van der Waals surface area contributed by atoms with E-state index in [4.69, 9.17) is 4.98 Å². The molecule has 6 heteroatoms. The molecular formula is C25H24N4OS. The fourth-order valence-corrected chi connectivity index (χ4v) is 4.75. The summed E-state index contributed by atoms with van der Waals surface area (Å²) in [4.78, 5) is 21.2. The first kappa shape index (κ1) is 21.1. The maximum atomic E-state index is 12.2. The lowest BCUT2D eigenvalue weighted by atomic mass is 9.82. The largest absolute Gasteiger partial charge is 0.311 e. The highest BCUT2D eigenvalue weighted by Gasteiger charge is 2.23. The molecule has 2 aromatic heterocycles. The molecule has 0 radical (unpaired) electrons. The highest BCUT2D eigenvalue weighted by molar-refractivity contribution is 7.99. The van der Waals surface area contributed by atoms with Crippen LogP contribution in [0.4, 0.5) is 5.82 Å². The fourth-order valence-electron chi connectivity index (χ4n) is 3.83. The Morgan fingerprint density at radius 2 is 2.10 bits per heavy atom. The molecule has 0 saturated heterocycles. The van der Waals surface area contributed by atoms with Crippen molar-refractivity contribution in [3.8, 4) is 6.07 Å². The van der Waals surface area contributed by atoms with Crippen LogP contribution in [-0.2, 0) is 17.6 Å². The van der Waals surface area contributed by atoms with Crippen molar-refractivity contribution in [1.29, 1.82) is 5.26 Å². The van der Waals surface area contributed by atoms with Crippen LogP contribution in [0.25, 0.3) is 0 Å². The molecule has 0 spiro atoms. The molecule has 1 aromatic carbocycles. The average Bonchev–Trinajstić information content (AvgIpc) is 2.80. The quantitative estimate of drug-likeness (QED) is 0.556. The number of pyridine rings is 2. The number of nitriles is 1. The maximum Gasteiger partial charge on any atom is 0.226 e. The SMILES string of the molecule is Cc1ccc(NC(=O)CCSc2nc3c(cc2C#N)CC(c2ccccc2)CC3)nc1. The molecule has 156 valence electrons. The fraction of sp³-hybridized carbons (Fsp3) is 0.280. The number of carbonyl (C=O) groups is 1. The second-order valence-corrected chi connectivity index (χ2v) is 8.86. The van der Waals surface area contributed by atoms with Gasteiger partial charge in [0.1, 0.15) is 16.9 Å². The van der Waals surface area contributed by atoms with E-state index < -0.39 is 0 Å². The number of benzene rings is 1. The minimum atomic E-state index is -0.0916. The Morgan fingerprint density at radius 3 is 2.84 bits per heavy atom. The molecule has 2 heterocycles. The zero-order chi connectivity index (χ0) is 21.6. The minimum absolute atomic E-state index is 0.0916. The van der Waals surface area contributed by atoms with Gasteiger partial charge in [0.05, 0.1) is 5.56 Å². The van der Waals surface area contributed by atoms with Crippen LogP contribution >= 0.6 is 11.8 Å². The van der Waals surface area contributed by atoms with Crippen LogP contribution in [0.1, 0.15) is 46.7 Å². The van der Waals surface area contributed by atoms with Crippen LogP contribution < -0.4 is 5.32 Å². The Morgan fingerprint density at radius 1 is 1.26 bits per heavy atom. The van der Waals surface area contributed by atoms with Crippen molar-refractivity contribution in [3.05, 3.63) is 82.7 Å². The summed E-state index contributed by atoms with van der Waals surface area (Å²) in [6.45, 7) is 1.95. The molecule has 4 rings (SSSR count). The molecule has 1 aliphatic carbocycles.